The molecule has 7 heteroatoms. The molecule has 0 aliphatic heterocycles. The molecule has 25 heavy (non-hydrogen) atoms. The van der Waals surface area contributed by atoms with Crippen LogP contribution >= 0.6 is 0 Å². The average molecular weight is 346 g/mol. The number of benzene rings is 2. The number of rotatable bonds is 4. The molecule has 2 rings (SSSR count). The van der Waals surface area contributed by atoms with Gasteiger partial charge in [-0.1, -0.05) is 6.07 Å². The van der Waals surface area contributed by atoms with Gasteiger partial charge in [0.15, 0.2) is 0 Å². The third-order valence-corrected chi connectivity index (χ3v) is 3.63. The molecule has 0 saturated carbocycles. The highest BCUT2D eigenvalue weighted by atomic mass is 19.1. The number of halogens is 1. The zero-order valence-corrected chi connectivity index (χ0v) is 14.1. The van der Waals surface area contributed by atoms with Crippen LogP contribution in [0.5, 0.6) is 11.5 Å². The smallest absolute Gasteiger partial charge is 0.313 e. The summed E-state index contributed by atoms with van der Waals surface area (Å²) in [5.74, 6) is -2.13. The Bertz CT molecular complexity index is 808. The predicted molar refractivity (Wildman–Crippen MR) is 91.0 cm³/mol. The van der Waals surface area contributed by atoms with Crippen LogP contribution in [0.15, 0.2) is 36.4 Å². The van der Waals surface area contributed by atoms with E-state index in [0.717, 1.165) is 5.56 Å². The highest BCUT2D eigenvalue weighted by molar-refractivity contribution is 6.39. The van der Waals surface area contributed by atoms with Crippen molar-refractivity contribution in [2.24, 2.45) is 0 Å². The molecule has 3 N–H and O–H groups in total. The van der Waals surface area contributed by atoms with Crippen LogP contribution in [-0.4, -0.2) is 24.0 Å². The minimum Gasteiger partial charge on any atom is -0.508 e. The van der Waals surface area contributed by atoms with Gasteiger partial charge in [0.25, 0.3) is 0 Å². The normalized spacial score (nSPS) is 11.5. The lowest BCUT2D eigenvalue weighted by Gasteiger charge is -2.16. The van der Waals surface area contributed by atoms with Gasteiger partial charge in [0.1, 0.15) is 17.3 Å². The van der Waals surface area contributed by atoms with Gasteiger partial charge in [-0.2, -0.15) is 0 Å². The molecule has 0 aliphatic rings. The number of aromatic hydroxyl groups is 1. The molecule has 132 valence electrons. The number of phenolic OH excluding ortho intramolecular Hbond substituents is 1. The van der Waals surface area contributed by atoms with E-state index in [0.29, 0.717) is 11.3 Å². The molecule has 0 aromatic heterocycles. The topological polar surface area (TPSA) is 87.7 Å². The number of carbonyl (C=O) groups excluding carboxylic acids is 2. The van der Waals surface area contributed by atoms with E-state index in [-0.39, 0.29) is 11.4 Å². The number of carbonyl (C=O) groups is 2. The molecule has 0 fully saturated rings. The fourth-order valence-electron chi connectivity index (χ4n) is 2.26. The zero-order chi connectivity index (χ0) is 18.6. The summed E-state index contributed by atoms with van der Waals surface area (Å²) in [6.07, 6.45) is 0. The number of methoxy groups -OCH3 is 1. The van der Waals surface area contributed by atoms with Crippen molar-refractivity contribution in [3.05, 3.63) is 53.3 Å². The molecular formula is C18H19FN2O4. The van der Waals surface area contributed by atoms with Crippen molar-refractivity contribution < 1.29 is 23.8 Å². The molecule has 1 atom stereocenters. The lowest BCUT2D eigenvalue weighted by Crippen LogP contribution is -2.37. The molecule has 2 aromatic carbocycles. The van der Waals surface area contributed by atoms with Crippen molar-refractivity contribution >= 4 is 17.5 Å². The summed E-state index contributed by atoms with van der Waals surface area (Å²) in [7, 11) is 1.48. The standard InChI is InChI=1S/C18H19FN2O4/c1-10-4-6-14(19)15(8-10)21-18(24)17(23)20-11(2)13-9-12(25-3)5-7-16(13)22/h4-9,11,22H,1-3H3,(H,20,23)(H,21,24)/t11-/m0/s1. The quantitative estimate of drug-likeness (QED) is 0.743. The van der Waals surface area contributed by atoms with E-state index in [4.69, 9.17) is 4.74 Å². The van der Waals surface area contributed by atoms with Crippen LogP contribution in [0, 0.1) is 12.7 Å². The average Bonchev–Trinajstić information content (AvgIpc) is 2.58. The maximum atomic E-state index is 13.7. The van der Waals surface area contributed by atoms with Crippen LogP contribution in [-0.2, 0) is 9.59 Å². The number of phenols is 1. The van der Waals surface area contributed by atoms with Crippen LogP contribution in [0.25, 0.3) is 0 Å². The Morgan fingerprint density at radius 3 is 2.56 bits per heavy atom. The Labute approximate surface area is 144 Å². The Hall–Kier alpha value is -3.09. The van der Waals surface area contributed by atoms with E-state index in [1.165, 1.54) is 25.3 Å². The first-order valence-corrected chi connectivity index (χ1v) is 7.56. The number of ether oxygens (including phenoxy) is 1. The van der Waals surface area contributed by atoms with Crippen LogP contribution in [0.4, 0.5) is 10.1 Å². The first-order valence-electron chi connectivity index (χ1n) is 7.56. The minimum absolute atomic E-state index is 0.0428. The van der Waals surface area contributed by atoms with Crippen LogP contribution in [0.2, 0.25) is 0 Å². The first kappa shape index (κ1) is 18.3. The number of anilines is 1. The van der Waals surface area contributed by atoms with Gasteiger partial charge in [0.05, 0.1) is 18.8 Å². The minimum atomic E-state index is -1.00. The maximum absolute atomic E-state index is 13.7. The maximum Gasteiger partial charge on any atom is 0.313 e. The van der Waals surface area contributed by atoms with Gasteiger partial charge in [-0.3, -0.25) is 9.59 Å². The summed E-state index contributed by atoms with van der Waals surface area (Å²) in [5, 5.41) is 14.6. The van der Waals surface area contributed by atoms with E-state index in [1.54, 1.807) is 32.0 Å². The summed E-state index contributed by atoms with van der Waals surface area (Å²) >= 11 is 0. The fourth-order valence-corrected chi connectivity index (χ4v) is 2.26. The van der Waals surface area contributed by atoms with Crippen molar-refractivity contribution in [2.75, 3.05) is 12.4 Å². The second-order valence-corrected chi connectivity index (χ2v) is 5.56. The Kier molecular flexibility index (Phi) is 5.59. The number of hydrogen-bond donors (Lipinski definition) is 3. The fraction of sp³-hybridized carbons (Fsp3) is 0.222. The molecule has 0 heterocycles. The monoisotopic (exact) mass is 346 g/mol. The number of nitrogens with one attached hydrogen (secondary N) is 2. The SMILES string of the molecule is COc1ccc(O)c([C@H](C)NC(=O)C(=O)Nc2cc(C)ccc2F)c1. The second kappa shape index (κ2) is 7.65. The first-order chi connectivity index (χ1) is 11.8. The second-order valence-electron chi connectivity index (χ2n) is 5.56. The molecule has 0 aliphatic carbocycles. The number of aryl methyl sites for hydroxylation is 1. The number of amides is 2. The molecule has 6 nitrogen and oxygen atoms in total. The van der Waals surface area contributed by atoms with Gasteiger partial charge in [-0.25, -0.2) is 4.39 Å². The van der Waals surface area contributed by atoms with Crippen molar-refractivity contribution in [1.29, 1.82) is 0 Å². The van der Waals surface area contributed by atoms with Gasteiger partial charge >= 0.3 is 11.8 Å². The van der Waals surface area contributed by atoms with E-state index >= 15 is 0 Å². The Morgan fingerprint density at radius 2 is 1.88 bits per heavy atom. The summed E-state index contributed by atoms with van der Waals surface area (Å²) in [4.78, 5) is 24.0. The van der Waals surface area contributed by atoms with Crippen LogP contribution in [0.1, 0.15) is 24.1 Å². The van der Waals surface area contributed by atoms with Crippen LogP contribution in [0.3, 0.4) is 0 Å². The summed E-state index contributed by atoms with van der Waals surface area (Å²) < 4.78 is 18.7. The van der Waals surface area contributed by atoms with Gasteiger partial charge in [0, 0.05) is 5.56 Å². The third-order valence-electron chi connectivity index (χ3n) is 3.63. The van der Waals surface area contributed by atoms with Gasteiger partial charge < -0.3 is 20.5 Å². The third kappa shape index (κ3) is 4.47. The number of hydrogen-bond acceptors (Lipinski definition) is 4. The summed E-state index contributed by atoms with van der Waals surface area (Å²) in [5.41, 5.74) is 1.06. The van der Waals surface area contributed by atoms with Crippen LogP contribution < -0.4 is 15.4 Å². The highest BCUT2D eigenvalue weighted by Gasteiger charge is 2.20. The molecular weight excluding hydrogens is 327 g/mol. The Balaban J connectivity index is 2.08. The molecule has 2 aromatic rings. The van der Waals surface area contributed by atoms with Gasteiger partial charge in [0.2, 0.25) is 0 Å². The van der Waals surface area contributed by atoms with Crippen molar-refractivity contribution in [2.45, 2.75) is 19.9 Å². The van der Waals surface area contributed by atoms with E-state index < -0.39 is 23.7 Å². The summed E-state index contributed by atoms with van der Waals surface area (Å²) in [6.45, 7) is 3.34. The van der Waals surface area contributed by atoms with E-state index in [1.807, 2.05) is 0 Å². The Morgan fingerprint density at radius 1 is 1.16 bits per heavy atom. The van der Waals surface area contributed by atoms with Crippen molar-refractivity contribution in [3.63, 3.8) is 0 Å². The molecule has 0 unspecified atom stereocenters. The molecule has 0 radical (unpaired) electrons. The molecule has 0 spiro atoms. The molecule has 2 amide bonds. The van der Waals surface area contributed by atoms with Gasteiger partial charge in [-0.05, 0) is 49.7 Å². The highest BCUT2D eigenvalue weighted by Crippen LogP contribution is 2.28. The van der Waals surface area contributed by atoms with E-state index in [9.17, 15) is 19.1 Å². The lowest BCUT2D eigenvalue weighted by molar-refractivity contribution is -0.136. The predicted octanol–water partition coefficient (Wildman–Crippen LogP) is 2.66. The van der Waals surface area contributed by atoms with Crippen molar-refractivity contribution in [1.82, 2.24) is 5.32 Å². The molecule has 0 bridgehead atoms. The largest absolute Gasteiger partial charge is 0.508 e. The molecule has 0 saturated heterocycles. The van der Waals surface area contributed by atoms with Gasteiger partial charge in [-0.15, -0.1) is 0 Å². The summed E-state index contributed by atoms with van der Waals surface area (Å²) in [6, 6.07) is 8.09. The van der Waals surface area contributed by atoms with E-state index in [2.05, 4.69) is 10.6 Å². The lowest BCUT2D eigenvalue weighted by atomic mass is 10.1. The van der Waals surface area contributed by atoms with Crippen molar-refractivity contribution in [3.8, 4) is 11.5 Å². The zero-order valence-electron chi connectivity index (χ0n) is 14.1.